The average molecular weight is 237 g/mol. The van der Waals surface area contributed by atoms with Crippen molar-refractivity contribution in [2.45, 2.75) is 27.2 Å². The Labute approximate surface area is 93.4 Å². The van der Waals surface area contributed by atoms with Gasteiger partial charge < -0.3 is 4.90 Å². The molecule has 0 aliphatic carbocycles. The first-order chi connectivity index (χ1) is 6.95. The molecule has 15 heavy (non-hydrogen) atoms. The van der Waals surface area contributed by atoms with Crippen LogP contribution in [-0.4, -0.2) is 50.3 Å². The van der Waals surface area contributed by atoms with Gasteiger partial charge in [0, 0.05) is 13.1 Å². The van der Waals surface area contributed by atoms with Gasteiger partial charge in [-0.2, -0.15) is 12.7 Å². The highest BCUT2D eigenvalue weighted by atomic mass is 32.2. The third kappa shape index (κ3) is 6.09. The molecule has 0 unspecified atom stereocenters. The van der Waals surface area contributed by atoms with Crippen LogP contribution < -0.4 is 5.14 Å². The van der Waals surface area contributed by atoms with Crippen LogP contribution in [0.15, 0.2) is 0 Å². The van der Waals surface area contributed by atoms with Crippen molar-refractivity contribution in [1.29, 1.82) is 0 Å². The van der Waals surface area contributed by atoms with Gasteiger partial charge in [-0.25, -0.2) is 5.14 Å². The van der Waals surface area contributed by atoms with Gasteiger partial charge in [-0.3, -0.25) is 0 Å². The first kappa shape index (κ1) is 14.8. The quantitative estimate of drug-likeness (QED) is 0.658. The standard InChI is InChI=1S/C9H23N3O2S/c1-4-11(5-2)8-7-9-12(6-3)15(10,13)14/h4-9H2,1-3H3,(H2,10,13,14). The van der Waals surface area contributed by atoms with Gasteiger partial charge in [-0.1, -0.05) is 20.8 Å². The smallest absolute Gasteiger partial charge is 0.276 e. The van der Waals surface area contributed by atoms with Gasteiger partial charge in [-0.05, 0) is 26.1 Å². The van der Waals surface area contributed by atoms with Gasteiger partial charge in [-0.15, -0.1) is 0 Å². The molecule has 0 aromatic rings. The van der Waals surface area contributed by atoms with Crippen molar-refractivity contribution in [2.24, 2.45) is 5.14 Å². The molecule has 0 rings (SSSR count). The minimum Gasteiger partial charge on any atom is -0.304 e. The van der Waals surface area contributed by atoms with Crippen LogP contribution in [0.3, 0.4) is 0 Å². The van der Waals surface area contributed by atoms with Crippen LogP contribution in [0.1, 0.15) is 27.2 Å². The van der Waals surface area contributed by atoms with Crippen LogP contribution in [0.5, 0.6) is 0 Å². The summed E-state index contributed by atoms with van der Waals surface area (Å²) in [6.07, 6.45) is 0.825. The monoisotopic (exact) mass is 237 g/mol. The van der Waals surface area contributed by atoms with Crippen molar-refractivity contribution in [3.63, 3.8) is 0 Å². The van der Waals surface area contributed by atoms with Crippen molar-refractivity contribution in [3.05, 3.63) is 0 Å². The van der Waals surface area contributed by atoms with E-state index in [1.165, 1.54) is 4.31 Å². The first-order valence-electron chi connectivity index (χ1n) is 5.45. The summed E-state index contributed by atoms with van der Waals surface area (Å²) in [5.74, 6) is 0. The molecule has 6 heteroatoms. The van der Waals surface area contributed by atoms with Crippen LogP contribution >= 0.6 is 0 Å². The van der Waals surface area contributed by atoms with E-state index in [1.807, 2.05) is 0 Å². The number of hydrogen-bond acceptors (Lipinski definition) is 3. The average Bonchev–Trinajstić information content (AvgIpc) is 2.16. The zero-order chi connectivity index (χ0) is 11.9. The van der Waals surface area contributed by atoms with Crippen molar-refractivity contribution in [1.82, 2.24) is 9.21 Å². The molecule has 5 nitrogen and oxygen atoms in total. The van der Waals surface area contributed by atoms with Gasteiger partial charge in [0.05, 0.1) is 0 Å². The molecular formula is C9H23N3O2S. The molecule has 0 spiro atoms. The lowest BCUT2D eigenvalue weighted by molar-refractivity contribution is 0.285. The van der Waals surface area contributed by atoms with E-state index >= 15 is 0 Å². The molecule has 0 aromatic heterocycles. The Hall–Kier alpha value is -0.170. The molecule has 0 aliphatic rings. The maximum atomic E-state index is 11.1. The van der Waals surface area contributed by atoms with E-state index in [9.17, 15) is 8.42 Å². The van der Waals surface area contributed by atoms with Crippen LogP contribution in [0.4, 0.5) is 0 Å². The second kappa shape index (κ2) is 7.16. The number of rotatable bonds is 8. The van der Waals surface area contributed by atoms with E-state index in [1.54, 1.807) is 6.92 Å². The third-order valence-corrected chi connectivity index (χ3v) is 3.65. The first-order valence-corrected chi connectivity index (χ1v) is 6.96. The Morgan fingerprint density at radius 2 is 1.53 bits per heavy atom. The molecule has 0 fully saturated rings. The van der Waals surface area contributed by atoms with E-state index in [-0.39, 0.29) is 0 Å². The fourth-order valence-corrected chi connectivity index (χ4v) is 2.22. The normalized spacial score (nSPS) is 12.7. The number of nitrogens with two attached hydrogens (primary N) is 1. The molecule has 0 radical (unpaired) electrons. The lowest BCUT2D eigenvalue weighted by Crippen LogP contribution is -2.38. The largest absolute Gasteiger partial charge is 0.304 e. The second-order valence-electron chi connectivity index (χ2n) is 3.42. The van der Waals surface area contributed by atoms with Crippen molar-refractivity contribution >= 4 is 10.2 Å². The summed E-state index contributed by atoms with van der Waals surface area (Å²) < 4.78 is 23.4. The van der Waals surface area contributed by atoms with Crippen LogP contribution in [0, 0.1) is 0 Å². The summed E-state index contributed by atoms with van der Waals surface area (Å²) in [7, 11) is -3.51. The highest BCUT2D eigenvalue weighted by Crippen LogP contribution is 1.98. The third-order valence-electron chi connectivity index (χ3n) is 2.49. The van der Waals surface area contributed by atoms with Crippen LogP contribution in [0.2, 0.25) is 0 Å². The molecule has 0 aliphatic heterocycles. The van der Waals surface area contributed by atoms with Gasteiger partial charge in [0.2, 0.25) is 0 Å². The minimum absolute atomic E-state index is 0.442. The highest BCUT2D eigenvalue weighted by Gasteiger charge is 2.14. The fraction of sp³-hybridized carbons (Fsp3) is 1.00. The fourth-order valence-electron chi connectivity index (χ4n) is 1.48. The summed E-state index contributed by atoms with van der Waals surface area (Å²) in [5.41, 5.74) is 0. The molecule has 0 saturated carbocycles. The lowest BCUT2D eigenvalue weighted by atomic mass is 10.3. The maximum absolute atomic E-state index is 11.1. The SMILES string of the molecule is CCN(CC)CCCN(CC)S(N)(=O)=O. The van der Waals surface area contributed by atoms with Crippen molar-refractivity contribution in [2.75, 3.05) is 32.7 Å². The summed E-state index contributed by atoms with van der Waals surface area (Å²) in [5, 5.41) is 5.06. The van der Waals surface area contributed by atoms with Gasteiger partial charge in [0.15, 0.2) is 0 Å². The van der Waals surface area contributed by atoms with E-state index < -0.39 is 10.2 Å². The number of nitrogens with zero attached hydrogens (tertiary/aromatic N) is 2. The zero-order valence-electron chi connectivity index (χ0n) is 9.94. The van der Waals surface area contributed by atoms with Crippen molar-refractivity contribution in [3.8, 4) is 0 Å². The Kier molecular flexibility index (Phi) is 7.08. The van der Waals surface area contributed by atoms with E-state index in [2.05, 4.69) is 18.7 Å². The van der Waals surface area contributed by atoms with E-state index in [0.717, 1.165) is 26.1 Å². The molecule has 2 N–H and O–H groups in total. The predicted molar refractivity (Wildman–Crippen MR) is 62.8 cm³/mol. The minimum atomic E-state index is -3.51. The molecule has 0 aromatic carbocycles. The van der Waals surface area contributed by atoms with Gasteiger partial charge in [0.25, 0.3) is 10.2 Å². The van der Waals surface area contributed by atoms with Crippen LogP contribution in [0.25, 0.3) is 0 Å². The Balaban J connectivity index is 3.93. The van der Waals surface area contributed by atoms with Gasteiger partial charge in [0.1, 0.15) is 0 Å². The molecule has 0 amide bonds. The molecule has 0 heterocycles. The summed E-state index contributed by atoms with van der Waals surface area (Å²) in [6.45, 7) is 9.85. The number of hydrogen-bond donors (Lipinski definition) is 1. The Bertz CT molecular complexity index is 250. The Morgan fingerprint density at radius 1 is 1.00 bits per heavy atom. The zero-order valence-corrected chi connectivity index (χ0v) is 10.8. The topological polar surface area (TPSA) is 66.6 Å². The summed E-state index contributed by atoms with van der Waals surface area (Å²) >= 11 is 0. The van der Waals surface area contributed by atoms with Crippen LogP contribution in [-0.2, 0) is 10.2 Å². The van der Waals surface area contributed by atoms with Gasteiger partial charge >= 0.3 is 0 Å². The molecular weight excluding hydrogens is 214 g/mol. The van der Waals surface area contributed by atoms with E-state index in [4.69, 9.17) is 5.14 Å². The summed E-state index contributed by atoms with van der Waals surface area (Å²) in [4.78, 5) is 2.26. The molecule has 0 bridgehead atoms. The Morgan fingerprint density at radius 3 is 1.87 bits per heavy atom. The predicted octanol–water partition coefficient (Wildman–Crippen LogP) is 0.244. The second-order valence-corrected chi connectivity index (χ2v) is 4.96. The molecule has 92 valence electrons. The maximum Gasteiger partial charge on any atom is 0.276 e. The lowest BCUT2D eigenvalue weighted by Gasteiger charge is -2.21. The molecule has 0 saturated heterocycles. The van der Waals surface area contributed by atoms with E-state index in [0.29, 0.717) is 13.1 Å². The highest BCUT2D eigenvalue weighted by molar-refractivity contribution is 7.86. The summed E-state index contributed by atoms with van der Waals surface area (Å²) in [6, 6.07) is 0. The molecule has 0 atom stereocenters. The van der Waals surface area contributed by atoms with Crippen molar-refractivity contribution < 1.29 is 8.42 Å².